The minimum absolute atomic E-state index is 0.0100. The van der Waals surface area contributed by atoms with Gasteiger partial charge >= 0.3 is 6.09 Å². The second kappa shape index (κ2) is 5.42. The summed E-state index contributed by atoms with van der Waals surface area (Å²) in [6.07, 6.45) is -0.645. The zero-order valence-corrected chi connectivity index (χ0v) is 10.0. The predicted molar refractivity (Wildman–Crippen MR) is 69.2 cm³/mol. The summed E-state index contributed by atoms with van der Waals surface area (Å²) in [4.78, 5) is 11.6. The van der Waals surface area contributed by atoms with Gasteiger partial charge in [-0.3, -0.25) is 5.32 Å². The molecular formula is C13H10ClNO3. The van der Waals surface area contributed by atoms with Gasteiger partial charge in [0.2, 0.25) is 0 Å². The van der Waals surface area contributed by atoms with E-state index in [1.165, 1.54) is 18.2 Å². The van der Waals surface area contributed by atoms with Crippen LogP contribution in [0.4, 0.5) is 10.5 Å². The lowest BCUT2D eigenvalue weighted by Crippen LogP contribution is -2.16. The van der Waals surface area contributed by atoms with Gasteiger partial charge in [0, 0.05) is 11.8 Å². The predicted octanol–water partition coefficient (Wildman–Crippen LogP) is 3.66. The number of benzene rings is 2. The monoisotopic (exact) mass is 263 g/mol. The van der Waals surface area contributed by atoms with Crippen molar-refractivity contribution in [3.8, 4) is 11.5 Å². The Kier molecular flexibility index (Phi) is 3.69. The van der Waals surface area contributed by atoms with Crippen LogP contribution in [-0.2, 0) is 0 Å². The van der Waals surface area contributed by atoms with Crippen molar-refractivity contribution in [1.82, 2.24) is 0 Å². The first-order valence-corrected chi connectivity index (χ1v) is 5.55. The molecular weight excluding hydrogens is 254 g/mol. The number of hydrogen-bond acceptors (Lipinski definition) is 3. The fourth-order valence-electron chi connectivity index (χ4n) is 1.34. The molecule has 0 spiro atoms. The number of anilines is 1. The quantitative estimate of drug-likeness (QED) is 0.869. The van der Waals surface area contributed by atoms with Crippen LogP contribution in [0.15, 0.2) is 48.5 Å². The number of hydrogen-bond donors (Lipinski definition) is 2. The molecule has 18 heavy (non-hydrogen) atoms. The lowest BCUT2D eigenvalue weighted by molar-refractivity contribution is 0.215. The molecule has 0 fully saturated rings. The van der Waals surface area contributed by atoms with Crippen molar-refractivity contribution in [1.29, 1.82) is 0 Å². The number of para-hydroxylation sites is 1. The van der Waals surface area contributed by atoms with E-state index in [4.69, 9.17) is 21.4 Å². The number of carbonyl (C=O) groups is 1. The molecule has 0 saturated carbocycles. The smallest absolute Gasteiger partial charge is 0.417 e. The van der Waals surface area contributed by atoms with Crippen LogP contribution in [0.3, 0.4) is 0 Å². The van der Waals surface area contributed by atoms with Gasteiger partial charge in [0.05, 0.1) is 5.02 Å². The molecule has 4 nitrogen and oxygen atoms in total. The first-order valence-electron chi connectivity index (χ1n) is 5.17. The number of amides is 1. The highest BCUT2D eigenvalue weighted by Crippen LogP contribution is 2.28. The second-order valence-corrected chi connectivity index (χ2v) is 3.90. The van der Waals surface area contributed by atoms with Gasteiger partial charge in [-0.1, -0.05) is 29.8 Å². The molecule has 0 aliphatic carbocycles. The highest BCUT2D eigenvalue weighted by Gasteiger charge is 2.08. The van der Waals surface area contributed by atoms with Crippen LogP contribution in [-0.4, -0.2) is 11.2 Å². The van der Waals surface area contributed by atoms with Crippen LogP contribution in [0.5, 0.6) is 11.5 Å². The van der Waals surface area contributed by atoms with E-state index in [0.717, 1.165) is 0 Å². The molecule has 0 aromatic heterocycles. The third-order valence-corrected chi connectivity index (χ3v) is 2.43. The Morgan fingerprint density at radius 1 is 1.17 bits per heavy atom. The van der Waals surface area contributed by atoms with Crippen molar-refractivity contribution >= 4 is 23.4 Å². The second-order valence-electron chi connectivity index (χ2n) is 3.50. The molecule has 0 unspecified atom stereocenters. The maximum Gasteiger partial charge on any atom is 0.417 e. The molecule has 2 aromatic rings. The Labute approximate surface area is 109 Å². The summed E-state index contributed by atoms with van der Waals surface area (Å²) in [6.45, 7) is 0. The molecule has 1 amide bonds. The normalized spacial score (nSPS) is 9.83. The molecule has 5 heteroatoms. The van der Waals surface area contributed by atoms with Crippen molar-refractivity contribution in [3.05, 3.63) is 53.6 Å². The standard InChI is InChI=1S/C13H10ClNO3/c14-11-8-10(16)6-7-12(11)18-13(17)15-9-4-2-1-3-5-9/h1-8,16H,(H,15,17). The van der Waals surface area contributed by atoms with Crippen LogP contribution in [0, 0.1) is 0 Å². The van der Waals surface area contributed by atoms with Crippen molar-refractivity contribution in [2.75, 3.05) is 5.32 Å². The van der Waals surface area contributed by atoms with E-state index in [1.54, 1.807) is 24.3 Å². The number of carbonyl (C=O) groups excluding carboxylic acids is 1. The summed E-state index contributed by atoms with van der Waals surface area (Å²) in [7, 11) is 0. The van der Waals surface area contributed by atoms with Gasteiger partial charge in [0.1, 0.15) is 5.75 Å². The van der Waals surface area contributed by atoms with E-state index in [9.17, 15) is 4.79 Å². The lowest BCUT2D eigenvalue weighted by atomic mass is 10.3. The Morgan fingerprint density at radius 3 is 2.56 bits per heavy atom. The average molecular weight is 264 g/mol. The number of ether oxygens (including phenoxy) is 1. The van der Waals surface area contributed by atoms with Crippen molar-refractivity contribution < 1.29 is 14.6 Å². The van der Waals surface area contributed by atoms with Crippen molar-refractivity contribution in [3.63, 3.8) is 0 Å². The van der Waals surface area contributed by atoms with E-state index in [2.05, 4.69) is 5.32 Å². The minimum Gasteiger partial charge on any atom is -0.508 e. The van der Waals surface area contributed by atoms with Crippen LogP contribution in [0.1, 0.15) is 0 Å². The van der Waals surface area contributed by atoms with Crippen LogP contribution < -0.4 is 10.1 Å². The lowest BCUT2D eigenvalue weighted by Gasteiger charge is -2.07. The fourth-order valence-corrected chi connectivity index (χ4v) is 1.55. The average Bonchev–Trinajstić information content (AvgIpc) is 2.34. The van der Waals surface area contributed by atoms with E-state index >= 15 is 0 Å². The van der Waals surface area contributed by atoms with E-state index in [-0.39, 0.29) is 16.5 Å². The third-order valence-electron chi connectivity index (χ3n) is 2.14. The Balaban J connectivity index is 2.03. The van der Waals surface area contributed by atoms with E-state index < -0.39 is 6.09 Å². The summed E-state index contributed by atoms with van der Waals surface area (Å²) in [5, 5.41) is 11.9. The highest BCUT2D eigenvalue weighted by molar-refractivity contribution is 6.32. The van der Waals surface area contributed by atoms with Crippen LogP contribution >= 0.6 is 11.6 Å². The molecule has 0 atom stereocenters. The first kappa shape index (κ1) is 12.3. The topological polar surface area (TPSA) is 58.6 Å². The first-order chi connectivity index (χ1) is 8.65. The zero-order valence-electron chi connectivity index (χ0n) is 9.26. The number of phenolic OH excluding ortho intramolecular Hbond substituents is 1. The molecule has 0 saturated heterocycles. The van der Waals surface area contributed by atoms with E-state index in [1.807, 2.05) is 6.07 Å². The Bertz CT molecular complexity index is 557. The molecule has 0 aliphatic heterocycles. The summed E-state index contributed by atoms with van der Waals surface area (Å²) >= 11 is 5.81. The largest absolute Gasteiger partial charge is 0.508 e. The molecule has 92 valence electrons. The van der Waals surface area contributed by atoms with Gasteiger partial charge in [-0.2, -0.15) is 0 Å². The number of aromatic hydroxyl groups is 1. The van der Waals surface area contributed by atoms with Gasteiger partial charge in [0.25, 0.3) is 0 Å². The number of phenols is 1. The number of nitrogens with one attached hydrogen (secondary N) is 1. The number of halogens is 1. The summed E-state index contributed by atoms with van der Waals surface area (Å²) < 4.78 is 5.01. The Hall–Kier alpha value is -2.20. The highest BCUT2D eigenvalue weighted by atomic mass is 35.5. The fraction of sp³-hybridized carbons (Fsp3) is 0. The SMILES string of the molecule is O=C(Nc1ccccc1)Oc1ccc(O)cc1Cl. The van der Waals surface area contributed by atoms with Gasteiger partial charge in [0.15, 0.2) is 5.75 Å². The molecule has 2 aromatic carbocycles. The van der Waals surface area contributed by atoms with Crippen molar-refractivity contribution in [2.24, 2.45) is 0 Å². The molecule has 0 radical (unpaired) electrons. The molecule has 0 heterocycles. The maximum absolute atomic E-state index is 11.6. The Morgan fingerprint density at radius 2 is 1.89 bits per heavy atom. The van der Waals surface area contributed by atoms with Gasteiger partial charge in [-0.25, -0.2) is 4.79 Å². The zero-order chi connectivity index (χ0) is 13.0. The third kappa shape index (κ3) is 3.15. The molecule has 0 bridgehead atoms. The van der Waals surface area contributed by atoms with Crippen molar-refractivity contribution in [2.45, 2.75) is 0 Å². The summed E-state index contributed by atoms with van der Waals surface area (Å²) in [6, 6.07) is 13.0. The summed E-state index contributed by atoms with van der Waals surface area (Å²) in [5.74, 6) is 0.193. The minimum atomic E-state index is -0.645. The molecule has 2 rings (SSSR count). The van der Waals surface area contributed by atoms with Crippen LogP contribution in [0.25, 0.3) is 0 Å². The number of rotatable bonds is 2. The van der Waals surface area contributed by atoms with Gasteiger partial charge < -0.3 is 9.84 Å². The van der Waals surface area contributed by atoms with Gasteiger partial charge in [-0.05, 0) is 24.3 Å². The maximum atomic E-state index is 11.6. The molecule has 2 N–H and O–H groups in total. The summed E-state index contributed by atoms with van der Waals surface area (Å²) in [5.41, 5.74) is 0.623. The van der Waals surface area contributed by atoms with Gasteiger partial charge in [-0.15, -0.1) is 0 Å². The molecule has 0 aliphatic rings. The van der Waals surface area contributed by atoms with Crippen LogP contribution in [0.2, 0.25) is 5.02 Å². The van der Waals surface area contributed by atoms with E-state index in [0.29, 0.717) is 5.69 Å².